The smallest absolute Gasteiger partial charge is 0.0917 e. The molecule has 0 saturated carbocycles. The lowest BCUT2D eigenvalue weighted by molar-refractivity contribution is 0.0460. The number of halogens is 1. The standard InChI is InChI=1S/C19H23ClN2O2/c20-17-7-5-16(6-8-17)19(23)14-22(13-18-4-2-10-24-18)12-15-3-1-9-21-11-15/h1,3,5-9,11,18-19,23H,2,4,10,12-14H2. The summed E-state index contributed by atoms with van der Waals surface area (Å²) in [6.07, 6.45) is 5.54. The van der Waals surface area contributed by atoms with Crippen LogP contribution in [0.3, 0.4) is 0 Å². The summed E-state index contributed by atoms with van der Waals surface area (Å²) in [6, 6.07) is 11.4. The zero-order valence-corrected chi connectivity index (χ0v) is 14.4. The highest BCUT2D eigenvalue weighted by molar-refractivity contribution is 6.30. The number of pyridine rings is 1. The maximum absolute atomic E-state index is 10.6. The summed E-state index contributed by atoms with van der Waals surface area (Å²) in [5, 5.41) is 11.3. The number of aliphatic hydroxyl groups is 1. The molecular formula is C19H23ClN2O2. The molecule has 0 aliphatic carbocycles. The molecule has 2 atom stereocenters. The molecule has 3 rings (SSSR count). The molecule has 0 bridgehead atoms. The lowest BCUT2D eigenvalue weighted by Gasteiger charge is -2.27. The van der Waals surface area contributed by atoms with Crippen molar-refractivity contribution in [2.45, 2.75) is 31.6 Å². The van der Waals surface area contributed by atoms with Gasteiger partial charge in [-0.3, -0.25) is 9.88 Å². The van der Waals surface area contributed by atoms with Gasteiger partial charge in [-0.15, -0.1) is 0 Å². The van der Waals surface area contributed by atoms with E-state index in [2.05, 4.69) is 16.0 Å². The van der Waals surface area contributed by atoms with Crippen molar-refractivity contribution < 1.29 is 9.84 Å². The molecule has 1 aliphatic heterocycles. The SMILES string of the molecule is OC(CN(Cc1cccnc1)CC1CCCO1)c1ccc(Cl)cc1. The van der Waals surface area contributed by atoms with Gasteiger partial charge in [0.2, 0.25) is 0 Å². The van der Waals surface area contributed by atoms with Gasteiger partial charge < -0.3 is 9.84 Å². The van der Waals surface area contributed by atoms with Crippen LogP contribution in [0.2, 0.25) is 5.02 Å². The number of rotatable bonds is 7. The molecule has 2 heterocycles. The summed E-state index contributed by atoms with van der Waals surface area (Å²) in [7, 11) is 0. The molecule has 5 heteroatoms. The Hall–Kier alpha value is -1.46. The Bertz CT molecular complexity index is 615. The number of nitrogens with zero attached hydrogens (tertiary/aromatic N) is 2. The number of hydrogen-bond donors (Lipinski definition) is 1. The molecule has 2 aromatic rings. The second-order valence-electron chi connectivity index (χ2n) is 6.26. The molecule has 24 heavy (non-hydrogen) atoms. The van der Waals surface area contributed by atoms with Crippen LogP contribution in [0.25, 0.3) is 0 Å². The van der Waals surface area contributed by atoms with E-state index in [4.69, 9.17) is 16.3 Å². The first-order valence-corrected chi connectivity index (χ1v) is 8.75. The van der Waals surface area contributed by atoms with Crippen LogP contribution in [0.1, 0.15) is 30.1 Å². The van der Waals surface area contributed by atoms with E-state index in [1.54, 1.807) is 6.20 Å². The predicted molar refractivity (Wildman–Crippen MR) is 94.9 cm³/mol. The molecule has 1 aliphatic rings. The van der Waals surface area contributed by atoms with E-state index in [1.165, 1.54) is 0 Å². The summed E-state index contributed by atoms with van der Waals surface area (Å²) in [4.78, 5) is 6.42. The van der Waals surface area contributed by atoms with Crippen molar-refractivity contribution in [2.24, 2.45) is 0 Å². The third-order valence-corrected chi connectivity index (χ3v) is 4.55. The third-order valence-electron chi connectivity index (χ3n) is 4.30. The second-order valence-corrected chi connectivity index (χ2v) is 6.69. The lowest BCUT2D eigenvalue weighted by Crippen LogP contribution is -2.35. The van der Waals surface area contributed by atoms with Crippen molar-refractivity contribution in [1.29, 1.82) is 0 Å². The Kier molecular flexibility index (Phi) is 6.21. The molecule has 1 aromatic heterocycles. The minimum atomic E-state index is -0.555. The molecule has 128 valence electrons. The van der Waals surface area contributed by atoms with Gasteiger partial charge in [0.25, 0.3) is 0 Å². The molecule has 1 fully saturated rings. The molecular weight excluding hydrogens is 324 g/mol. The molecule has 2 unspecified atom stereocenters. The zero-order valence-electron chi connectivity index (χ0n) is 13.6. The van der Waals surface area contributed by atoms with E-state index in [-0.39, 0.29) is 6.10 Å². The van der Waals surface area contributed by atoms with Gasteiger partial charge in [-0.1, -0.05) is 29.8 Å². The van der Waals surface area contributed by atoms with E-state index >= 15 is 0 Å². The van der Waals surface area contributed by atoms with Gasteiger partial charge >= 0.3 is 0 Å². The molecule has 0 amide bonds. The summed E-state index contributed by atoms with van der Waals surface area (Å²) in [5.74, 6) is 0. The van der Waals surface area contributed by atoms with Gasteiger partial charge in [-0.2, -0.15) is 0 Å². The average molecular weight is 347 g/mol. The number of aliphatic hydroxyl groups excluding tert-OH is 1. The minimum Gasteiger partial charge on any atom is -0.387 e. The van der Waals surface area contributed by atoms with Gasteiger partial charge in [0, 0.05) is 43.7 Å². The molecule has 1 N–H and O–H groups in total. The summed E-state index contributed by atoms with van der Waals surface area (Å²) >= 11 is 5.93. The Morgan fingerprint density at radius 3 is 2.79 bits per heavy atom. The van der Waals surface area contributed by atoms with Gasteiger partial charge in [-0.05, 0) is 42.2 Å². The van der Waals surface area contributed by atoms with Crippen LogP contribution in [0.5, 0.6) is 0 Å². The fourth-order valence-electron chi connectivity index (χ4n) is 3.06. The highest BCUT2D eigenvalue weighted by Crippen LogP contribution is 2.20. The summed E-state index contributed by atoms with van der Waals surface area (Å²) < 4.78 is 5.77. The number of hydrogen-bond acceptors (Lipinski definition) is 4. The van der Waals surface area contributed by atoms with Crippen LogP contribution in [0.15, 0.2) is 48.8 Å². The van der Waals surface area contributed by atoms with E-state index in [0.29, 0.717) is 11.6 Å². The Balaban J connectivity index is 1.67. The van der Waals surface area contributed by atoms with E-state index in [1.807, 2.05) is 36.5 Å². The van der Waals surface area contributed by atoms with Crippen LogP contribution in [-0.4, -0.2) is 40.8 Å². The maximum atomic E-state index is 10.6. The molecule has 4 nitrogen and oxygen atoms in total. The Labute approximate surface area is 148 Å². The number of aromatic nitrogens is 1. The van der Waals surface area contributed by atoms with Crippen LogP contribution in [0.4, 0.5) is 0 Å². The average Bonchev–Trinajstić information content (AvgIpc) is 3.09. The van der Waals surface area contributed by atoms with Crippen molar-refractivity contribution in [3.8, 4) is 0 Å². The summed E-state index contributed by atoms with van der Waals surface area (Å²) in [5.41, 5.74) is 2.02. The number of benzene rings is 1. The van der Waals surface area contributed by atoms with Crippen molar-refractivity contribution >= 4 is 11.6 Å². The summed E-state index contributed by atoms with van der Waals surface area (Å²) in [6.45, 7) is 2.96. The molecule has 0 spiro atoms. The van der Waals surface area contributed by atoms with Gasteiger partial charge in [-0.25, -0.2) is 0 Å². The monoisotopic (exact) mass is 346 g/mol. The maximum Gasteiger partial charge on any atom is 0.0917 e. The fraction of sp³-hybridized carbons (Fsp3) is 0.421. The van der Waals surface area contributed by atoms with Crippen molar-refractivity contribution in [3.63, 3.8) is 0 Å². The van der Waals surface area contributed by atoms with Gasteiger partial charge in [0.1, 0.15) is 0 Å². The van der Waals surface area contributed by atoms with E-state index in [9.17, 15) is 5.11 Å². The minimum absolute atomic E-state index is 0.249. The molecule has 1 aromatic carbocycles. The van der Waals surface area contributed by atoms with E-state index in [0.717, 1.165) is 43.7 Å². The largest absolute Gasteiger partial charge is 0.387 e. The lowest BCUT2D eigenvalue weighted by atomic mass is 10.1. The fourth-order valence-corrected chi connectivity index (χ4v) is 3.19. The van der Waals surface area contributed by atoms with Gasteiger partial charge in [0.15, 0.2) is 0 Å². The van der Waals surface area contributed by atoms with E-state index < -0.39 is 6.10 Å². The zero-order chi connectivity index (χ0) is 16.8. The first-order chi connectivity index (χ1) is 11.7. The Morgan fingerprint density at radius 1 is 1.29 bits per heavy atom. The second kappa shape index (κ2) is 8.58. The van der Waals surface area contributed by atoms with Crippen LogP contribution in [-0.2, 0) is 11.3 Å². The molecule has 1 saturated heterocycles. The topological polar surface area (TPSA) is 45.6 Å². The predicted octanol–water partition coefficient (Wildman–Crippen LogP) is 3.45. The quantitative estimate of drug-likeness (QED) is 0.834. The van der Waals surface area contributed by atoms with Crippen LogP contribution < -0.4 is 0 Å². The third kappa shape index (κ3) is 5.02. The Morgan fingerprint density at radius 2 is 2.12 bits per heavy atom. The van der Waals surface area contributed by atoms with Crippen LogP contribution >= 0.6 is 11.6 Å². The van der Waals surface area contributed by atoms with Crippen molar-refractivity contribution in [2.75, 3.05) is 19.7 Å². The van der Waals surface area contributed by atoms with Crippen molar-refractivity contribution in [3.05, 3.63) is 64.9 Å². The highest BCUT2D eigenvalue weighted by Gasteiger charge is 2.21. The van der Waals surface area contributed by atoms with Crippen LogP contribution in [0, 0.1) is 0 Å². The normalized spacial score (nSPS) is 18.9. The highest BCUT2D eigenvalue weighted by atomic mass is 35.5. The number of ether oxygens (including phenoxy) is 1. The van der Waals surface area contributed by atoms with Crippen molar-refractivity contribution in [1.82, 2.24) is 9.88 Å². The molecule has 0 radical (unpaired) electrons. The van der Waals surface area contributed by atoms with Gasteiger partial charge in [0.05, 0.1) is 12.2 Å². The first kappa shape index (κ1) is 17.4. The first-order valence-electron chi connectivity index (χ1n) is 8.37.